The maximum absolute atomic E-state index is 12.8. The SMILES string of the molecule is CC(C)n1nc(-c2cnc(N)c(OC(F)F)c2)cc1[C@@H]1CC[C@@H](N2CCCN(C)CC2)C[C@@H]1C. The zero-order valence-corrected chi connectivity index (χ0v) is 20.8. The van der Waals surface area contributed by atoms with Gasteiger partial charge in [-0.1, -0.05) is 6.92 Å². The monoisotopic (exact) mass is 476 g/mol. The fourth-order valence-corrected chi connectivity index (χ4v) is 5.60. The zero-order valence-electron chi connectivity index (χ0n) is 20.8. The molecule has 2 aliphatic rings. The minimum atomic E-state index is -2.95. The quantitative estimate of drug-likeness (QED) is 0.656. The maximum atomic E-state index is 12.8. The minimum Gasteiger partial charge on any atom is -0.431 e. The molecule has 2 fully saturated rings. The minimum absolute atomic E-state index is 0.0563. The summed E-state index contributed by atoms with van der Waals surface area (Å²) in [5, 5.41) is 4.85. The second-order valence-electron chi connectivity index (χ2n) is 10.2. The molecule has 0 unspecified atom stereocenters. The van der Waals surface area contributed by atoms with Gasteiger partial charge in [0.1, 0.15) is 0 Å². The van der Waals surface area contributed by atoms with Gasteiger partial charge in [0.25, 0.3) is 0 Å². The van der Waals surface area contributed by atoms with E-state index in [4.69, 9.17) is 10.8 Å². The van der Waals surface area contributed by atoms with Gasteiger partial charge in [-0.15, -0.1) is 0 Å². The van der Waals surface area contributed by atoms with Crippen molar-refractivity contribution in [2.24, 2.45) is 5.92 Å². The number of aromatic nitrogens is 3. The van der Waals surface area contributed by atoms with Crippen LogP contribution in [0.3, 0.4) is 0 Å². The molecule has 0 spiro atoms. The number of nitrogen functional groups attached to an aromatic ring is 1. The van der Waals surface area contributed by atoms with Crippen molar-refractivity contribution in [2.45, 2.75) is 71.1 Å². The number of hydrogen-bond acceptors (Lipinski definition) is 6. The Bertz CT molecular complexity index is 965. The normalized spacial score (nSPS) is 25.1. The van der Waals surface area contributed by atoms with Crippen LogP contribution in [0.25, 0.3) is 11.3 Å². The molecule has 0 aromatic carbocycles. The molecule has 2 aromatic heterocycles. The van der Waals surface area contributed by atoms with Crippen molar-refractivity contribution < 1.29 is 13.5 Å². The third kappa shape index (κ3) is 5.51. The lowest BCUT2D eigenvalue weighted by molar-refractivity contribution is -0.0494. The Morgan fingerprint density at radius 2 is 1.91 bits per heavy atom. The summed E-state index contributed by atoms with van der Waals surface area (Å²) < 4.78 is 32.2. The molecular weight excluding hydrogens is 438 g/mol. The Kier molecular flexibility index (Phi) is 7.72. The van der Waals surface area contributed by atoms with E-state index in [1.54, 1.807) is 6.20 Å². The van der Waals surface area contributed by atoms with Crippen LogP contribution in [-0.2, 0) is 0 Å². The first-order chi connectivity index (χ1) is 16.2. The standard InChI is InChI=1S/C25H38F2N6O/c1-16(2)33-22(14-21(30-33)18-13-23(34-25(26)27)24(28)29-15-18)20-7-6-19(12-17(20)3)32-9-5-8-31(4)10-11-32/h13-17,19-20,25H,5-12H2,1-4H3,(H2,28,29)/t17-,19+,20+/m0/s1. The van der Waals surface area contributed by atoms with E-state index in [2.05, 4.69) is 58.1 Å². The second-order valence-corrected chi connectivity index (χ2v) is 10.2. The Morgan fingerprint density at radius 1 is 1.12 bits per heavy atom. The van der Waals surface area contributed by atoms with Crippen molar-refractivity contribution in [1.29, 1.82) is 0 Å². The number of likely N-dealkylation sites (N-methyl/N-ethyl adjacent to an activating group) is 1. The van der Waals surface area contributed by atoms with Crippen molar-refractivity contribution in [3.63, 3.8) is 0 Å². The lowest BCUT2D eigenvalue weighted by atomic mass is 9.75. The van der Waals surface area contributed by atoms with E-state index >= 15 is 0 Å². The molecule has 9 heteroatoms. The van der Waals surface area contributed by atoms with Crippen molar-refractivity contribution in [3.05, 3.63) is 24.0 Å². The number of nitrogens with zero attached hydrogens (tertiary/aromatic N) is 5. The highest BCUT2D eigenvalue weighted by molar-refractivity contribution is 5.64. The van der Waals surface area contributed by atoms with Crippen LogP contribution in [0.1, 0.15) is 64.1 Å². The molecule has 0 radical (unpaired) electrons. The van der Waals surface area contributed by atoms with Crippen LogP contribution in [0.2, 0.25) is 0 Å². The van der Waals surface area contributed by atoms with E-state index < -0.39 is 6.61 Å². The molecular formula is C25H38F2N6O. The number of nitrogens with two attached hydrogens (primary N) is 1. The summed E-state index contributed by atoms with van der Waals surface area (Å²) in [5.41, 5.74) is 8.27. The average Bonchev–Trinajstić information content (AvgIpc) is 3.11. The van der Waals surface area contributed by atoms with Crippen LogP contribution in [-0.4, -0.2) is 70.4 Å². The first-order valence-corrected chi connectivity index (χ1v) is 12.5. The van der Waals surface area contributed by atoms with Gasteiger partial charge in [-0.3, -0.25) is 9.58 Å². The third-order valence-corrected chi connectivity index (χ3v) is 7.44. The number of hydrogen-bond donors (Lipinski definition) is 1. The zero-order chi connectivity index (χ0) is 24.4. The molecule has 3 heterocycles. The van der Waals surface area contributed by atoms with Gasteiger partial charge < -0.3 is 15.4 Å². The van der Waals surface area contributed by atoms with Crippen LogP contribution in [0, 0.1) is 5.92 Å². The summed E-state index contributed by atoms with van der Waals surface area (Å²) in [6.45, 7) is 8.31. The highest BCUT2D eigenvalue weighted by Gasteiger charge is 2.34. The third-order valence-electron chi connectivity index (χ3n) is 7.44. The predicted molar refractivity (Wildman–Crippen MR) is 130 cm³/mol. The first-order valence-electron chi connectivity index (χ1n) is 12.5. The molecule has 1 aliphatic heterocycles. The van der Waals surface area contributed by atoms with Gasteiger partial charge in [-0.05, 0) is 77.7 Å². The van der Waals surface area contributed by atoms with Gasteiger partial charge in [0.15, 0.2) is 11.6 Å². The van der Waals surface area contributed by atoms with Crippen LogP contribution in [0.5, 0.6) is 5.75 Å². The van der Waals surface area contributed by atoms with Gasteiger partial charge in [0, 0.05) is 48.5 Å². The number of ether oxygens (including phenoxy) is 1. The number of halogens is 2. The van der Waals surface area contributed by atoms with Crippen LogP contribution >= 0.6 is 0 Å². The Morgan fingerprint density at radius 3 is 2.62 bits per heavy atom. The van der Waals surface area contributed by atoms with Gasteiger partial charge >= 0.3 is 6.61 Å². The molecule has 4 rings (SSSR count). The van der Waals surface area contributed by atoms with Crippen LogP contribution < -0.4 is 10.5 Å². The Labute approximate surface area is 201 Å². The fourth-order valence-electron chi connectivity index (χ4n) is 5.60. The molecule has 1 saturated heterocycles. The van der Waals surface area contributed by atoms with Crippen molar-refractivity contribution in [2.75, 3.05) is 39.0 Å². The number of pyridine rings is 1. The van der Waals surface area contributed by atoms with E-state index in [0.29, 0.717) is 29.1 Å². The van der Waals surface area contributed by atoms with Crippen molar-refractivity contribution in [3.8, 4) is 17.0 Å². The lowest BCUT2D eigenvalue weighted by Gasteiger charge is -2.40. The summed E-state index contributed by atoms with van der Waals surface area (Å²) in [5.74, 6) is 0.765. The number of alkyl halides is 2. The summed E-state index contributed by atoms with van der Waals surface area (Å²) in [6.07, 6.45) is 6.30. The molecule has 1 aliphatic carbocycles. The molecule has 34 heavy (non-hydrogen) atoms. The molecule has 0 amide bonds. The van der Waals surface area contributed by atoms with E-state index in [0.717, 1.165) is 19.5 Å². The topological polar surface area (TPSA) is 72.4 Å². The van der Waals surface area contributed by atoms with E-state index in [1.807, 2.05) is 0 Å². The van der Waals surface area contributed by atoms with Crippen molar-refractivity contribution >= 4 is 5.82 Å². The van der Waals surface area contributed by atoms with Gasteiger partial charge in [0.2, 0.25) is 0 Å². The summed E-state index contributed by atoms with van der Waals surface area (Å²) in [4.78, 5) is 9.19. The number of rotatable bonds is 6. The molecule has 188 valence electrons. The highest BCUT2D eigenvalue weighted by Crippen LogP contribution is 2.41. The largest absolute Gasteiger partial charge is 0.431 e. The molecule has 1 saturated carbocycles. The average molecular weight is 477 g/mol. The molecule has 7 nitrogen and oxygen atoms in total. The second kappa shape index (κ2) is 10.6. The molecule has 2 N–H and O–H groups in total. The molecule has 3 atom stereocenters. The smallest absolute Gasteiger partial charge is 0.387 e. The van der Waals surface area contributed by atoms with E-state index in [1.165, 1.54) is 44.1 Å². The fraction of sp³-hybridized carbons (Fsp3) is 0.680. The van der Waals surface area contributed by atoms with Gasteiger partial charge in [0.05, 0.1) is 5.69 Å². The molecule has 2 aromatic rings. The lowest BCUT2D eigenvalue weighted by Crippen LogP contribution is -2.42. The summed E-state index contributed by atoms with van der Waals surface area (Å²) in [7, 11) is 2.22. The Hall–Kier alpha value is -2.26. The van der Waals surface area contributed by atoms with E-state index in [9.17, 15) is 8.78 Å². The predicted octanol–water partition coefficient (Wildman–Crippen LogP) is 4.62. The van der Waals surface area contributed by atoms with Crippen molar-refractivity contribution in [1.82, 2.24) is 24.6 Å². The number of anilines is 1. The Balaban J connectivity index is 1.55. The van der Waals surface area contributed by atoms with Crippen LogP contribution in [0.4, 0.5) is 14.6 Å². The van der Waals surface area contributed by atoms with Gasteiger partial charge in [-0.2, -0.15) is 13.9 Å². The highest BCUT2D eigenvalue weighted by atomic mass is 19.3. The molecule has 0 bridgehead atoms. The van der Waals surface area contributed by atoms with Gasteiger partial charge in [-0.25, -0.2) is 4.98 Å². The summed E-state index contributed by atoms with van der Waals surface area (Å²) in [6, 6.07) is 4.43. The van der Waals surface area contributed by atoms with Crippen LogP contribution in [0.15, 0.2) is 18.3 Å². The van der Waals surface area contributed by atoms with E-state index in [-0.39, 0.29) is 17.6 Å². The summed E-state index contributed by atoms with van der Waals surface area (Å²) >= 11 is 0. The maximum Gasteiger partial charge on any atom is 0.387 e. The first kappa shape index (κ1) is 24.9.